The first-order valence-electron chi connectivity index (χ1n) is 9.20. The second kappa shape index (κ2) is 8.88. The molecular weight excluding hydrogens is 432 g/mol. The van der Waals surface area contributed by atoms with Crippen molar-refractivity contribution in [1.82, 2.24) is 0 Å². The van der Waals surface area contributed by atoms with Gasteiger partial charge in [-0.25, -0.2) is 9.59 Å². The number of carbonyl (C=O) groups excluding carboxylic acids is 1. The van der Waals surface area contributed by atoms with Crippen LogP contribution in [0.1, 0.15) is 32.4 Å². The molecule has 1 heterocycles. The minimum atomic E-state index is -1.90. The molecule has 0 aliphatic carbocycles. The zero-order valence-corrected chi connectivity index (χ0v) is 16.2. The molecule has 1 aliphatic heterocycles. The van der Waals surface area contributed by atoms with Gasteiger partial charge in [-0.1, -0.05) is 0 Å². The topological polar surface area (TPSA) is 214 Å². The predicted molar refractivity (Wildman–Crippen MR) is 102 cm³/mol. The summed E-state index contributed by atoms with van der Waals surface area (Å²) < 4.78 is 10.7. The average Bonchev–Trinajstić information content (AvgIpc) is 2.72. The Kier molecular flexibility index (Phi) is 6.41. The van der Waals surface area contributed by atoms with Gasteiger partial charge < -0.3 is 50.3 Å². The van der Waals surface area contributed by atoms with E-state index in [-0.39, 0.29) is 11.3 Å². The van der Waals surface area contributed by atoms with Crippen molar-refractivity contribution in [3.63, 3.8) is 0 Å². The number of carboxylic acid groups (broad SMARTS) is 1. The maximum absolute atomic E-state index is 12.5. The van der Waals surface area contributed by atoms with Crippen molar-refractivity contribution < 1.29 is 59.9 Å². The van der Waals surface area contributed by atoms with E-state index in [1.54, 1.807) is 0 Å². The van der Waals surface area contributed by atoms with E-state index in [4.69, 9.17) is 9.47 Å². The van der Waals surface area contributed by atoms with E-state index in [1.165, 1.54) is 24.3 Å². The highest BCUT2D eigenvalue weighted by Crippen LogP contribution is 2.46. The van der Waals surface area contributed by atoms with Crippen LogP contribution in [-0.4, -0.2) is 83.8 Å². The molecule has 2 aromatic rings. The van der Waals surface area contributed by atoms with Gasteiger partial charge in [-0.15, -0.1) is 0 Å². The fraction of sp³-hybridized carbons (Fsp3) is 0.300. The Labute approximate surface area is 179 Å². The van der Waals surface area contributed by atoms with Crippen molar-refractivity contribution in [2.24, 2.45) is 0 Å². The van der Waals surface area contributed by atoms with Crippen molar-refractivity contribution in [3.05, 3.63) is 47.0 Å². The third-order valence-corrected chi connectivity index (χ3v) is 5.01. The minimum absolute atomic E-state index is 0.0714. The summed E-state index contributed by atoms with van der Waals surface area (Å²) in [4.78, 5) is 24.0. The largest absolute Gasteiger partial charge is 0.508 e. The molecule has 5 atom stereocenters. The van der Waals surface area contributed by atoms with Crippen molar-refractivity contribution in [2.45, 2.75) is 30.5 Å². The van der Waals surface area contributed by atoms with E-state index in [0.717, 1.165) is 0 Å². The summed E-state index contributed by atoms with van der Waals surface area (Å²) in [5.41, 5.74) is -1.72. The Balaban J connectivity index is 2.08. The van der Waals surface area contributed by atoms with Crippen LogP contribution >= 0.6 is 0 Å². The molecule has 0 radical (unpaired) electrons. The van der Waals surface area contributed by atoms with Gasteiger partial charge in [0.1, 0.15) is 53.0 Å². The van der Waals surface area contributed by atoms with Crippen LogP contribution in [0.2, 0.25) is 0 Å². The Hall–Kier alpha value is -3.58. The van der Waals surface area contributed by atoms with Gasteiger partial charge in [0.15, 0.2) is 6.10 Å². The molecule has 0 saturated carbocycles. The number of aliphatic hydroxyl groups is 3. The first-order chi connectivity index (χ1) is 15.1. The molecule has 32 heavy (non-hydrogen) atoms. The molecule has 12 nitrogen and oxygen atoms in total. The fourth-order valence-electron chi connectivity index (χ4n) is 3.39. The van der Waals surface area contributed by atoms with Crippen molar-refractivity contribution in [1.29, 1.82) is 0 Å². The number of carboxylic acids is 1. The van der Waals surface area contributed by atoms with Crippen molar-refractivity contribution in [3.8, 4) is 23.0 Å². The maximum atomic E-state index is 12.5. The Morgan fingerprint density at radius 2 is 1.59 bits per heavy atom. The molecule has 1 fully saturated rings. The highest BCUT2D eigenvalue weighted by atomic mass is 16.6. The van der Waals surface area contributed by atoms with Crippen LogP contribution in [0.4, 0.5) is 0 Å². The average molecular weight is 452 g/mol. The molecule has 172 valence electrons. The molecule has 0 spiro atoms. The highest BCUT2D eigenvalue weighted by Gasteiger charge is 2.49. The van der Waals surface area contributed by atoms with Crippen LogP contribution in [0.25, 0.3) is 0 Å². The van der Waals surface area contributed by atoms with E-state index < -0.39 is 77.4 Å². The molecule has 2 aromatic carbocycles. The van der Waals surface area contributed by atoms with E-state index >= 15 is 0 Å². The number of phenolic OH excluding ortho intramolecular Hbond substituents is 2. The maximum Gasteiger partial charge on any atom is 0.343 e. The quantitative estimate of drug-likeness (QED) is 0.272. The van der Waals surface area contributed by atoms with Crippen LogP contribution in [-0.2, 0) is 9.47 Å². The number of aromatic carboxylic acids is 1. The number of aromatic hydroxyl groups is 4. The van der Waals surface area contributed by atoms with E-state index in [9.17, 15) is 50.4 Å². The number of esters is 1. The van der Waals surface area contributed by atoms with Crippen LogP contribution < -0.4 is 0 Å². The monoisotopic (exact) mass is 452 g/mol. The van der Waals surface area contributed by atoms with E-state index in [2.05, 4.69) is 0 Å². The molecule has 8 N–H and O–H groups in total. The highest BCUT2D eigenvalue weighted by molar-refractivity contribution is 5.95. The SMILES string of the molecule is O=C(O[C@@H]1[C@@H](O)[C@H](O)[C@@H](CO)O[C@H]1c1c(O)cc(O)c(C(=O)O)c1O)c1ccc(O)cc1. The normalized spacial score (nSPS) is 25.3. The Morgan fingerprint density at radius 3 is 2.16 bits per heavy atom. The summed E-state index contributed by atoms with van der Waals surface area (Å²) in [6.45, 7) is -0.821. The number of ether oxygens (including phenoxy) is 2. The summed E-state index contributed by atoms with van der Waals surface area (Å²) in [5.74, 6) is -5.90. The minimum Gasteiger partial charge on any atom is -0.508 e. The second-order valence-electron chi connectivity index (χ2n) is 7.03. The lowest BCUT2D eigenvalue weighted by molar-refractivity contribution is -0.232. The van der Waals surface area contributed by atoms with Crippen LogP contribution in [0.15, 0.2) is 30.3 Å². The first-order valence-corrected chi connectivity index (χ1v) is 9.20. The predicted octanol–water partition coefficient (Wildman–Crippen LogP) is -0.413. The molecule has 0 unspecified atom stereocenters. The zero-order valence-electron chi connectivity index (χ0n) is 16.2. The molecule has 0 aromatic heterocycles. The number of hydrogen-bond donors (Lipinski definition) is 8. The smallest absolute Gasteiger partial charge is 0.343 e. The third kappa shape index (κ3) is 4.11. The Bertz CT molecular complexity index is 1020. The number of rotatable bonds is 5. The molecular formula is C20H20O12. The van der Waals surface area contributed by atoms with Gasteiger partial charge in [0.05, 0.1) is 17.7 Å². The van der Waals surface area contributed by atoms with Crippen molar-refractivity contribution in [2.75, 3.05) is 6.61 Å². The van der Waals surface area contributed by atoms with Crippen LogP contribution in [0.3, 0.4) is 0 Å². The van der Waals surface area contributed by atoms with Gasteiger partial charge >= 0.3 is 11.9 Å². The Morgan fingerprint density at radius 1 is 0.969 bits per heavy atom. The molecule has 0 bridgehead atoms. The van der Waals surface area contributed by atoms with E-state index in [0.29, 0.717) is 6.07 Å². The number of carbonyl (C=O) groups is 2. The molecule has 1 aliphatic rings. The summed E-state index contributed by atoms with van der Waals surface area (Å²) >= 11 is 0. The number of aliphatic hydroxyl groups excluding tert-OH is 3. The lowest BCUT2D eigenvalue weighted by atomic mass is 9.89. The van der Waals surface area contributed by atoms with E-state index in [1.807, 2.05) is 0 Å². The van der Waals surface area contributed by atoms with Gasteiger partial charge in [-0.05, 0) is 24.3 Å². The van der Waals surface area contributed by atoms with Gasteiger partial charge in [0.2, 0.25) is 0 Å². The van der Waals surface area contributed by atoms with Crippen molar-refractivity contribution >= 4 is 11.9 Å². The standard InChI is InChI=1S/C20H20O12/c21-6-11-14(25)16(27)18(32-20(30)7-1-3-8(22)4-2-7)17(31-11)12-9(23)5-10(24)13(15(12)26)19(28)29/h1-5,11,14,16-18,21-27H,6H2,(H,28,29)/t11-,14-,16+,17+,18-/m1/s1. The lowest BCUT2D eigenvalue weighted by Crippen LogP contribution is -2.56. The number of benzene rings is 2. The van der Waals surface area contributed by atoms with Crippen LogP contribution in [0.5, 0.6) is 23.0 Å². The second-order valence-corrected chi connectivity index (χ2v) is 7.03. The lowest BCUT2D eigenvalue weighted by Gasteiger charge is -2.42. The van der Waals surface area contributed by atoms with Gasteiger partial charge in [0, 0.05) is 6.07 Å². The summed E-state index contributed by atoms with van der Waals surface area (Å²) in [6.07, 6.45) is -8.66. The van der Waals surface area contributed by atoms with Gasteiger partial charge in [-0.3, -0.25) is 0 Å². The molecule has 0 amide bonds. The third-order valence-electron chi connectivity index (χ3n) is 5.01. The first kappa shape index (κ1) is 23.1. The number of phenols is 4. The van der Waals surface area contributed by atoms with Gasteiger partial charge in [-0.2, -0.15) is 0 Å². The van der Waals surface area contributed by atoms with Gasteiger partial charge in [0.25, 0.3) is 0 Å². The molecule has 1 saturated heterocycles. The number of hydrogen-bond acceptors (Lipinski definition) is 11. The fourth-order valence-corrected chi connectivity index (χ4v) is 3.39. The molecule has 3 rings (SSSR count). The summed E-state index contributed by atoms with van der Waals surface area (Å²) in [7, 11) is 0. The van der Waals surface area contributed by atoms with Crippen LogP contribution in [0, 0.1) is 0 Å². The summed E-state index contributed by atoms with van der Waals surface area (Å²) in [5, 5.41) is 79.3. The summed E-state index contributed by atoms with van der Waals surface area (Å²) in [6, 6.07) is 5.39. The zero-order chi connectivity index (χ0) is 23.7. The molecule has 12 heteroatoms.